The van der Waals surface area contributed by atoms with E-state index in [0.717, 1.165) is 6.42 Å². The van der Waals surface area contributed by atoms with Gasteiger partial charge < -0.3 is 0 Å². The first-order chi connectivity index (χ1) is 8.45. The van der Waals surface area contributed by atoms with Crippen LogP contribution in [0.1, 0.15) is 25.0 Å². The van der Waals surface area contributed by atoms with Gasteiger partial charge >= 0.3 is 0 Å². The summed E-state index contributed by atoms with van der Waals surface area (Å²) in [6.45, 7) is 4.00. The van der Waals surface area contributed by atoms with Gasteiger partial charge in [-0.25, -0.2) is 0 Å². The summed E-state index contributed by atoms with van der Waals surface area (Å²) in [5.74, 6) is 0. The van der Waals surface area contributed by atoms with E-state index in [1.807, 2.05) is 13.8 Å². The van der Waals surface area contributed by atoms with Crippen LogP contribution in [0, 0.1) is 0 Å². The smallest absolute Gasteiger partial charge is 0.00822 e. The molecule has 0 heteroatoms. The first-order valence-electron chi connectivity index (χ1n) is 6.29. The molecule has 0 aliphatic heterocycles. The summed E-state index contributed by atoms with van der Waals surface area (Å²) in [6.07, 6.45) is 9.67. The quantitative estimate of drug-likeness (QED) is 0.589. The van der Waals surface area contributed by atoms with Gasteiger partial charge in [-0.2, -0.15) is 0 Å². The van der Waals surface area contributed by atoms with Crippen molar-refractivity contribution in [2.75, 3.05) is 0 Å². The number of allylic oxidation sites excluding steroid dienone is 3. The summed E-state index contributed by atoms with van der Waals surface area (Å²) >= 11 is 0. The van der Waals surface area contributed by atoms with Crippen LogP contribution in [0.4, 0.5) is 0 Å². The van der Waals surface area contributed by atoms with Crippen LogP contribution < -0.4 is 0 Å². The number of hydrogen-bond acceptors (Lipinski definition) is 0. The van der Waals surface area contributed by atoms with Gasteiger partial charge in [-0.15, -0.1) is 0 Å². The highest BCUT2D eigenvalue weighted by Crippen LogP contribution is 2.25. The van der Waals surface area contributed by atoms with E-state index in [0.29, 0.717) is 0 Å². The molecule has 1 aliphatic rings. The van der Waals surface area contributed by atoms with Crippen LogP contribution in [0.3, 0.4) is 0 Å². The zero-order valence-corrected chi connectivity index (χ0v) is 10.5. The summed E-state index contributed by atoms with van der Waals surface area (Å²) in [6, 6.07) is 13.0. The van der Waals surface area contributed by atoms with Gasteiger partial charge in [0, 0.05) is 0 Å². The lowest BCUT2D eigenvalue weighted by molar-refractivity contribution is 1.30. The Morgan fingerprint density at radius 2 is 1.71 bits per heavy atom. The zero-order valence-electron chi connectivity index (χ0n) is 10.5. The van der Waals surface area contributed by atoms with Crippen LogP contribution in [0.15, 0.2) is 54.6 Å². The van der Waals surface area contributed by atoms with Gasteiger partial charge in [0.25, 0.3) is 0 Å². The van der Waals surface area contributed by atoms with E-state index >= 15 is 0 Å². The Morgan fingerprint density at radius 3 is 2.59 bits per heavy atom. The molecular formula is C17H18. The van der Waals surface area contributed by atoms with Gasteiger partial charge in [-0.1, -0.05) is 74.5 Å². The Hall–Kier alpha value is -1.82. The summed E-state index contributed by atoms with van der Waals surface area (Å²) in [5.41, 5.74) is 2.79. The highest BCUT2D eigenvalue weighted by molar-refractivity contribution is 5.89. The van der Waals surface area contributed by atoms with E-state index in [-0.39, 0.29) is 0 Å². The first kappa shape index (κ1) is 11.7. The van der Waals surface area contributed by atoms with Crippen molar-refractivity contribution >= 4 is 16.8 Å². The molecule has 0 unspecified atom stereocenters. The average Bonchev–Trinajstić information content (AvgIpc) is 2.66. The van der Waals surface area contributed by atoms with Crippen molar-refractivity contribution in [3.8, 4) is 0 Å². The molecule has 0 saturated carbocycles. The maximum atomic E-state index is 2.22. The molecule has 0 N–H and O–H groups in total. The highest BCUT2D eigenvalue weighted by Gasteiger charge is 2.04. The monoisotopic (exact) mass is 222 g/mol. The van der Waals surface area contributed by atoms with Crippen molar-refractivity contribution in [3.05, 3.63) is 65.8 Å². The van der Waals surface area contributed by atoms with Gasteiger partial charge in [0.15, 0.2) is 0 Å². The molecule has 0 aromatic heterocycles. The largest absolute Gasteiger partial charge is 0.0801 e. The molecular weight excluding hydrogens is 204 g/mol. The first-order valence-corrected chi connectivity index (χ1v) is 6.29. The molecule has 0 saturated heterocycles. The van der Waals surface area contributed by atoms with E-state index in [1.165, 1.54) is 21.9 Å². The van der Waals surface area contributed by atoms with Crippen molar-refractivity contribution < 1.29 is 0 Å². The van der Waals surface area contributed by atoms with E-state index in [2.05, 4.69) is 60.7 Å². The maximum absolute atomic E-state index is 2.22. The molecule has 2 aromatic rings. The topological polar surface area (TPSA) is 0 Å². The molecule has 1 aliphatic carbocycles. The van der Waals surface area contributed by atoms with Gasteiger partial charge in [0.05, 0.1) is 0 Å². The van der Waals surface area contributed by atoms with Crippen LogP contribution in [-0.2, 0) is 6.42 Å². The molecule has 0 spiro atoms. The number of rotatable bonds is 0. The summed E-state index contributed by atoms with van der Waals surface area (Å²) in [5, 5.41) is 2.71. The van der Waals surface area contributed by atoms with Gasteiger partial charge in [-0.3, -0.25) is 0 Å². The van der Waals surface area contributed by atoms with Crippen LogP contribution in [0.5, 0.6) is 0 Å². The maximum Gasteiger partial charge on any atom is -0.00822 e. The lowest BCUT2D eigenvalue weighted by Gasteiger charge is -2.07. The second-order valence-electron chi connectivity index (χ2n) is 3.85. The van der Waals surface area contributed by atoms with Gasteiger partial charge in [0.1, 0.15) is 0 Å². The predicted molar refractivity (Wildman–Crippen MR) is 77.2 cm³/mol. The van der Waals surface area contributed by atoms with E-state index < -0.39 is 0 Å². The fourth-order valence-electron chi connectivity index (χ4n) is 2.16. The minimum atomic E-state index is 1.03. The van der Waals surface area contributed by atoms with Gasteiger partial charge in [-0.05, 0) is 28.3 Å². The molecule has 0 bridgehead atoms. The Kier molecular flexibility index (Phi) is 3.77. The number of fused-ring (bicyclic) bond motifs is 3. The Morgan fingerprint density at radius 1 is 0.882 bits per heavy atom. The fourth-order valence-corrected chi connectivity index (χ4v) is 2.16. The third-order valence-electron chi connectivity index (χ3n) is 2.92. The minimum Gasteiger partial charge on any atom is -0.0801 e. The number of benzene rings is 2. The third-order valence-corrected chi connectivity index (χ3v) is 2.92. The van der Waals surface area contributed by atoms with Crippen molar-refractivity contribution in [2.45, 2.75) is 20.3 Å². The molecule has 0 nitrogen and oxygen atoms in total. The van der Waals surface area contributed by atoms with Crippen LogP contribution in [0.2, 0.25) is 0 Å². The Balaban J connectivity index is 0.000000514. The van der Waals surface area contributed by atoms with Crippen molar-refractivity contribution in [2.24, 2.45) is 0 Å². The van der Waals surface area contributed by atoms with Crippen molar-refractivity contribution in [1.29, 1.82) is 0 Å². The predicted octanol–water partition coefficient (Wildman–Crippen LogP) is 4.99. The molecule has 0 atom stereocenters. The minimum absolute atomic E-state index is 1.03. The zero-order chi connectivity index (χ0) is 12.1. The Labute approximate surface area is 103 Å². The molecule has 17 heavy (non-hydrogen) atoms. The molecule has 86 valence electrons. The average molecular weight is 222 g/mol. The summed E-state index contributed by atoms with van der Waals surface area (Å²) < 4.78 is 0. The van der Waals surface area contributed by atoms with E-state index in [9.17, 15) is 0 Å². The second kappa shape index (κ2) is 5.49. The molecule has 0 amide bonds. The van der Waals surface area contributed by atoms with Gasteiger partial charge in [0.2, 0.25) is 0 Å². The molecule has 0 heterocycles. The summed E-state index contributed by atoms with van der Waals surface area (Å²) in [4.78, 5) is 0. The SMILES string of the molecule is C1=CCc2c(ccc3ccccc23)C=C1.CC. The third kappa shape index (κ3) is 2.31. The van der Waals surface area contributed by atoms with Crippen LogP contribution >= 0.6 is 0 Å². The second-order valence-corrected chi connectivity index (χ2v) is 3.85. The standard InChI is InChI=1S/C15H12.C2H6/c1-2-6-12-10-11-13-7-4-5-9-15(13)14(12)8-3-1;1-2/h1-7,9-11H,8H2;1-2H3. The lowest BCUT2D eigenvalue weighted by Crippen LogP contribution is -1.88. The normalized spacial score (nSPS) is 12.6. The Bertz CT molecular complexity index is 559. The van der Waals surface area contributed by atoms with Crippen LogP contribution in [0.25, 0.3) is 16.8 Å². The molecule has 2 aromatic carbocycles. The van der Waals surface area contributed by atoms with E-state index in [4.69, 9.17) is 0 Å². The fraction of sp³-hybridized carbons (Fsp3) is 0.176. The van der Waals surface area contributed by atoms with Crippen LogP contribution in [-0.4, -0.2) is 0 Å². The molecule has 0 fully saturated rings. The van der Waals surface area contributed by atoms with E-state index in [1.54, 1.807) is 0 Å². The molecule has 0 radical (unpaired) electrons. The number of hydrogen-bond donors (Lipinski definition) is 0. The lowest BCUT2D eigenvalue weighted by atomic mass is 9.97. The molecule has 3 rings (SSSR count). The van der Waals surface area contributed by atoms with Crippen molar-refractivity contribution in [1.82, 2.24) is 0 Å². The highest BCUT2D eigenvalue weighted by atomic mass is 14.1. The van der Waals surface area contributed by atoms with Crippen molar-refractivity contribution in [3.63, 3.8) is 0 Å². The summed E-state index contributed by atoms with van der Waals surface area (Å²) in [7, 11) is 0.